The summed E-state index contributed by atoms with van der Waals surface area (Å²) in [6.45, 7) is 0. The van der Waals surface area contributed by atoms with Gasteiger partial charge in [-0.3, -0.25) is 0 Å². The molecule has 1 saturated carbocycles. The van der Waals surface area contributed by atoms with Gasteiger partial charge in [-0.15, -0.1) is 0 Å². The molecule has 1 aromatic carbocycles. The number of nitriles is 1. The highest BCUT2D eigenvalue weighted by Crippen LogP contribution is 2.36. The van der Waals surface area contributed by atoms with Crippen LogP contribution in [0.15, 0.2) is 24.4 Å². The van der Waals surface area contributed by atoms with Crippen LogP contribution in [0.3, 0.4) is 0 Å². The molecule has 2 aromatic rings. The largest absolute Gasteiger partial charge is 0.497 e. The lowest BCUT2D eigenvalue weighted by Gasteiger charge is -2.28. The summed E-state index contributed by atoms with van der Waals surface area (Å²) in [5, 5.41) is 10.2. The molecule has 1 heterocycles. The standard InChI is InChI=1S/C14H14N2O/c1-17-12-5-6-13-10(8-15)9-16(14(13)7-12)11-3-2-4-11/h5-7,9,11H,2-4H2,1H3. The van der Waals surface area contributed by atoms with Crippen LogP contribution in [0.5, 0.6) is 5.75 Å². The fraction of sp³-hybridized carbons (Fsp3) is 0.357. The van der Waals surface area contributed by atoms with Gasteiger partial charge in [0, 0.05) is 23.7 Å². The number of nitrogens with zero attached hydrogens (tertiary/aromatic N) is 2. The van der Waals surface area contributed by atoms with Crippen molar-refractivity contribution in [1.29, 1.82) is 5.26 Å². The number of methoxy groups -OCH3 is 1. The first-order chi connectivity index (χ1) is 8.33. The summed E-state index contributed by atoms with van der Waals surface area (Å²) < 4.78 is 7.49. The van der Waals surface area contributed by atoms with Gasteiger partial charge in [0.1, 0.15) is 11.8 Å². The summed E-state index contributed by atoms with van der Waals surface area (Å²) in [6, 6.07) is 8.74. The molecule has 3 heteroatoms. The Morgan fingerprint density at radius 3 is 2.82 bits per heavy atom. The van der Waals surface area contributed by atoms with Crippen molar-refractivity contribution in [3.8, 4) is 11.8 Å². The van der Waals surface area contributed by atoms with E-state index in [-0.39, 0.29) is 0 Å². The van der Waals surface area contributed by atoms with Gasteiger partial charge in [-0.05, 0) is 31.4 Å². The van der Waals surface area contributed by atoms with Gasteiger partial charge >= 0.3 is 0 Å². The number of hydrogen-bond acceptors (Lipinski definition) is 2. The van der Waals surface area contributed by atoms with Crippen LogP contribution in [-0.2, 0) is 0 Å². The molecule has 0 aliphatic heterocycles. The fourth-order valence-electron chi connectivity index (χ4n) is 2.41. The highest BCUT2D eigenvalue weighted by Gasteiger charge is 2.22. The molecule has 0 radical (unpaired) electrons. The molecule has 0 unspecified atom stereocenters. The third-order valence-electron chi connectivity index (χ3n) is 3.63. The van der Waals surface area contributed by atoms with Crippen molar-refractivity contribution in [1.82, 2.24) is 4.57 Å². The predicted octanol–water partition coefficient (Wildman–Crippen LogP) is 3.25. The van der Waals surface area contributed by atoms with E-state index in [9.17, 15) is 0 Å². The third-order valence-corrected chi connectivity index (χ3v) is 3.63. The predicted molar refractivity (Wildman–Crippen MR) is 66.1 cm³/mol. The summed E-state index contributed by atoms with van der Waals surface area (Å²) >= 11 is 0. The zero-order valence-corrected chi connectivity index (χ0v) is 9.81. The highest BCUT2D eigenvalue weighted by molar-refractivity contribution is 5.87. The molecule has 1 aliphatic carbocycles. The van der Waals surface area contributed by atoms with Gasteiger partial charge in [0.25, 0.3) is 0 Å². The van der Waals surface area contributed by atoms with E-state index >= 15 is 0 Å². The molecule has 0 spiro atoms. The molecule has 0 saturated heterocycles. The fourth-order valence-corrected chi connectivity index (χ4v) is 2.41. The van der Waals surface area contributed by atoms with Crippen molar-refractivity contribution in [2.24, 2.45) is 0 Å². The molecule has 1 fully saturated rings. The number of rotatable bonds is 2. The number of aromatic nitrogens is 1. The average Bonchev–Trinajstić information content (AvgIpc) is 2.65. The maximum atomic E-state index is 9.15. The van der Waals surface area contributed by atoms with Crippen molar-refractivity contribution in [2.75, 3.05) is 7.11 Å². The van der Waals surface area contributed by atoms with Gasteiger partial charge in [-0.1, -0.05) is 0 Å². The lowest BCUT2D eigenvalue weighted by molar-refractivity contribution is 0.321. The van der Waals surface area contributed by atoms with Crippen LogP contribution in [0.25, 0.3) is 10.9 Å². The number of ether oxygens (including phenoxy) is 1. The number of fused-ring (bicyclic) bond motifs is 1. The molecule has 0 amide bonds. The normalized spacial score (nSPS) is 15.5. The summed E-state index contributed by atoms with van der Waals surface area (Å²) in [5.74, 6) is 0.848. The Kier molecular flexibility index (Phi) is 2.29. The Morgan fingerprint density at radius 1 is 1.41 bits per heavy atom. The van der Waals surface area contributed by atoms with Crippen LogP contribution >= 0.6 is 0 Å². The van der Waals surface area contributed by atoms with Crippen LogP contribution in [-0.4, -0.2) is 11.7 Å². The van der Waals surface area contributed by atoms with Crippen molar-refractivity contribution < 1.29 is 4.74 Å². The first-order valence-electron chi connectivity index (χ1n) is 5.92. The smallest absolute Gasteiger partial charge is 0.120 e. The summed E-state index contributed by atoms with van der Waals surface area (Å²) in [6.07, 6.45) is 5.70. The van der Waals surface area contributed by atoms with Crippen LogP contribution in [0, 0.1) is 11.3 Å². The number of hydrogen-bond donors (Lipinski definition) is 0. The molecule has 3 nitrogen and oxygen atoms in total. The summed E-state index contributed by atoms with van der Waals surface area (Å²) in [7, 11) is 1.67. The van der Waals surface area contributed by atoms with E-state index in [1.807, 2.05) is 24.4 Å². The summed E-state index contributed by atoms with van der Waals surface area (Å²) in [4.78, 5) is 0. The van der Waals surface area contributed by atoms with Crippen LogP contribution < -0.4 is 4.74 Å². The van der Waals surface area contributed by atoms with E-state index in [1.165, 1.54) is 19.3 Å². The van der Waals surface area contributed by atoms with Gasteiger partial charge < -0.3 is 9.30 Å². The molecule has 0 atom stereocenters. The topological polar surface area (TPSA) is 37.9 Å². The van der Waals surface area contributed by atoms with Gasteiger partial charge in [-0.25, -0.2) is 0 Å². The van der Waals surface area contributed by atoms with Crippen LogP contribution in [0.1, 0.15) is 30.9 Å². The van der Waals surface area contributed by atoms with Gasteiger partial charge in [-0.2, -0.15) is 5.26 Å². The lowest BCUT2D eigenvalue weighted by Crippen LogP contribution is -2.15. The Labute approximate surface area is 100 Å². The molecule has 86 valence electrons. The second-order valence-electron chi connectivity index (χ2n) is 4.53. The molecule has 1 aliphatic rings. The minimum absolute atomic E-state index is 0.562. The van der Waals surface area contributed by atoms with Gasteiger partial charge in [0.05, 0.1) is 18.2 Å². The van der Waals surface area contributed by atoms with E-state index in [0.29, 0.717) is 6.04 Å². The van der Waals surface area contributed by atoms with Crippen molar-refractivity contribution in [3.63, 3.8) is 0 Å². The molecule has 3 rings (SSSR count). The van der Waals surface area contributed by atoms with Crippen molar-refractivity contribution in [2.45, 2.75) is 25.3 Å². The summed E-state index contributed by atoms with van der Waals surface area (Å²) in [5.41, 5.74) is 1.88. The second-order valence-corrected chi connectivity index (χ2v) is 4.53. The molecule has 17 heavy (non-hydrogen) atoms. The Bertz CT molecular complexity index is 602. The average molecular weight is 226 g/mol. The zero-order chi connectivity index (χ0) is 11.8. The second kappa shape index (κ2) is 3.81. The Balaban J connectivity index is 2.22. The van der Waals surface area contributed by atoms with Crippen LogP contribution in [0.2, 0.25) is 0 Å². The third kappa shape index (κ3) is 1.49. The SMILES string of the molecule is COc1ccc2c(C#N)cn(C3CCC3)c2c1. The highest BCUT2D eigenvalue weighted by atomic mass is 16.5. The Hall–Kier alpha value is -1.95. The molecular weight excluding hydrogens is 212 g/mol. The minimum atomic E-state index is 0.562. The monoisotopic (exact) mass is 226 g/mol. The quantitative estimate of drug-likeness (QED) is 0.788. The molecule has 0 bridgehead atoms. The maximum absolute atomic E-state index is 9.15. The van der Waals surface area contributed by atoms with Gasteiger partial charge in [0.2, 0.25) is 0 Å². The number of benzene rings is 1. The van der Waals surface area contributed by atoms with Crippen LogP contribution in [0.4, 0.5) is 0 Å². The van der Waals surface area contributed by atoms with E-state index < -0.39 is 0 Å². The molecular formula is C14H14N2O. The van der Waals surface area contributed by atoms with Gasteiger partial charge in [0.15, 0.2) is 0 Å². The lowest BCUT2D eigenvalue weighted by atomic mass is 9.93. The molecule has 0 N–H and O–H groups in total. The molecule has 1 aromatic heterocycles. The van der Waals surface area contributed by atoms with E-state index in [0.717, 1.165) is 22.2 Å². The van der Waals surface area contributed by atoms with Crippen molar-refractivity contribution >= 4 is 10.9 Å². The van der Waals surface area contributed by atoms with Crippen molar-refractivity contribution in [3.05, 3.63) is 30.0 Å². The first-order valence-corrected chi connectivity index (χ1v) is 5.92. The Morgan fingerprint density at radius 2 is 2.24 bits per heavy atom. The minimum Gasteiger partial charge on any atom is -0.497 e. The van der Waals surface area contributed by atoms with E-state index in [1.54, 1.807) is 7.11 Å². The van der Waals surface area contributed by atoms with E-state index in [2.05, 4.69) is 10.6 Å². The zero-order valence-electron chi connectivity index (χ0n) is 9.81. The first kappa shape index (κ1) is 10.2. The maximum Gasteiger partial charge on any atom is 0.120 e. The van der Waals surface area contributed by atoms with E-state index in [4.69, 9.17) is 10.00 Å².